The Morgan fingerprint density at radius 1 is 1.00 bits per heavy atom. The minimum atomic E-state index is -0.263. The Bertz CT molecular complexity index is 936. The maximum atomic E-state index is 13.0. The van der Waals surface area contributed by atoms with Crippen LogP contribution in [0, 0.1) is 0 Å². The van der Waals surface area contributed by atoms with Gasteiger partial charge in [-0.1, -0.05) is 48.0 Å². The van der Waals surface area contributed by atoms with Gasteiger partial charge in [-0.25, -0.2) is 0 Å². The van der Waals surface area contributed by atoms with Crippen molar-refractivity contribution >= 4 is 23.3 Å². The Hall–Kier alpha value is -2.59. The molecule has 0 saturated carbocycles. The van der Waals surface area contributed by atoms with Gasteiger partial charge in [0.2, 0.25) is 5.91 Å². The van der Waals surface area contributed by atoms with Gasteiger partial charge in [0, 0.05) is 30.0 Å². The van der Waals surface area contributed by atoms with E-state index in [4.69, 9.17) is 16.3 Å². The molecule has 138 valence electrons. The average molecular weight is 382 g/mol. The standard InChI is InChI=1S/C22H20ClNO3/c1-27-20-8-7-14(9-17(20)23)16-12-21(26)24-18-10-15(11-19(25)22(16)18)13-5-3-2-4-6-13/h2-9,15-16H,10-12H2,1H3,(H,24,26). The highest BCUT2D eigenvalue weighted by molar-refractivity contribution is 6.32. The van der Waals surface area contributed by atoms with Crippen molar-refractivity contribution in [1.29, 1.82) is 0 Å². The van der Waals surface area contributed by atoms with Crippen molar-refractivity contribution in [3.8, 4) is 5.75 Å². The second-order valence-corrected chi connectivity index (χ2v) is 7.44. The number of ether oxygens (including phenoxy) is 1. The van der Waals surface area contributed by atoms with Crippen molar-refractivity contribution in [2.24, 2.45) is 0 Å². The summed E-state index contributed by atoms with van der Waals surface area (Å²) in [7, 11) is 1.56. The summed E-state index contributed by atoms with van der Waals surface area (Å²) >= 11 is 6.27. The average Bonchev–Trinajstić information content (AvgIpc) is 2.67. The third-order valence-electron chi connectivity index (χ3n) is 5.39. The fraction of sp³-hybridized carbons (Fsp3) is 0.273. The van der Waals surface area contributed by atoms with Gasteiger partial charge >= 0.3 is 0 Å². The number of rotatable bonds is 3. The maximum Gasteiger partial charge on any atom is 0.225 e. The molecule has 1 aliphatic heterocycles. The second kappa shape index (κ2) is 7.20. The molecule has 2 atom stereocenters. The molecule has 1 heterocycles. The van der Waals surface area contributed by atoms with E-state index in [9.17, 15) is 9.59 Å². The summed E-state index contributed by atoms with van der Waals surface area (Å²) in [4.78, 5) is 25.4. The first kappa shape index (κ1) is 17.8. The van der Waals surface area contributed by atoms with Gasteiger partial charge in [-0.05, 0) is 35.6 Å². The minimum Gasteiger partial charge on any atom is -0.495 e. The fourth-order valence-electron chi connectivity index (χ4n) is 4.11. The minimum absolute atomic E-state index is 0.0628. The van der Waals surface area contributed by atoms with E-state index in [1.807, 2.05) is 36.4 Å². The smallest absolute Gasteiger partial charge is 0.225 e. The third kappa shape index (κ3) is 3.37. The molecule has 2 aromatic rings. The molecule has 2 aliphatic rings. The van der Waals surface area contributed by atoms with Gasteiger partial charge in [0.05, 0.1) is 12.1 Å². The maximum absolute atomic E-state index is 13.0. The van der Waals surface area contributed by atoms with Gasteiger partial charge in [0.1, 0.15) is 5.75 Å². The number of hydrogen-bond donors (Lipinski definition) is 1. The van der Waals surface area contributed by atoms with E-state index in [0.29, 0.717) is 23.6 Å². The molecule has 0 fully saturated rings. The monoisotopic (exact) mass is 381 g/mol. The van der Waals surface area contributed by atoms with E-state index in [-0.39, 0.29) is 29.9 Å². The van der Waals surface area contributed by atoms with Gasteiger partial charge in [0.15, 0.2) is 5.78 Å². The van der Waals surface area contributed by atoms with E-state index in [1.54, 1.807) is 19.2 Å². The highest BCUT2D eigenvalue weighted by Gasteiger charge is 2.38. The highest BCUT2D eigenvalue weighted by Crippen LogP contribution is 2.43. The largest absolute Gasteiger partial charge is 0.495 e. The Kier molecular flexibility index (Phi) is 4.75. The van der Waals surface area contributed by atoms with E-state index in [1.165, 1.54) is 0 Å². The zero-order valence-electron chi connectivity index (χ0n) is 15.0. The number of hydrogen-bond acceptors (Lipinski definition) is 3. The first-order valence-corrected chi connectivity index (χ1v) is 9.39. The number of Topliss-reactive ketones (excluding diaryl/α,β-unsaturated/α-hetero) is 1. The van der Waals surface area contributed by atoms with Crippen LogP contribution in [-0.2, 0) is 9.59 Å². The first-order valence-electron chi connectivity index (χ1n) is 9.01. The van der Waals surface area contributed by atoms with Crippen LogP contribution in [-0.4, -0.2) is 18.8 Å². The Balaban J connectivity index is 1.72. The van der Waals surface area contributed by atoms with E-state index < -0.39 is 0 Å². The Morgan fingerprint density at radius 3 is 2.48 bits per heavy atom. The second-order valence-electron chi connectivity index (χ2n) is 7.03. The van der Waals surface area contributed by atoms with Crippen LogP contribution in [0.25, 0.3) is 0 Å². The van der Waals surface area contributed by atoms with Crippen LogP contribution >= 0.6 is 11.6 Å². The number of nitrogens with one attached hydrogen (secondary N) is 1. The summed E-state index contributed by atoms with van der Waals surface area (Å²) in [6.45, 7) is 0. The van der Waals surface area contributed by atoms with Crippen LogP contribution in [0.4, 0.5) is 0 Å². The summed E-state index contributed by atoms with van der Waals surface area (Å²) in [6.07, 6.45) is 1.37. The lowest BCUT2D eigenvalue weighted by Crippen LogP contribution is -2.38. The van der Waals surface area contributed by atoms with E-state index in [2.05, 4.69) is 5.32 Å². The molecule has 4 nitrogen and oxygen atoms in total. The number of amides is 1. The van der Waals surface area contributed by atoms with E-state index in [0.717, 1.165) is 22.4 Å². The SMILES string of the molecule is COc1ccc(C2CC(=O)NC3=C2C(=O)CC(c2ccccc2)C3)cc1Cl. The lowest BCUT2D eigenvalue weighted by Gasteiger charge is -2.34. The third-order valence-corrected chi connectivity index (χ3v) is 5.68. The Labute approximate surface area is 163 Å². The summed E-state index contributed by atoms with van der Waals surface area (Å²) in [5, 5.41) is 3.43. The van der Waals surface area contributed by atoms with Crippen molar-refractivity contribution in [1.82, 2.24) is 5.32 Å². The number of methoxy groups -OCH3 is 1. The molecule has 0 aromatic heterocycles. The molecule has 0 bridgehead atoms. The molecule has 1 aliphatic carbocycles. The normalized spacial score (nSPS) is 22.3. The molecule has 2 unspecified atom stereocenters. The number of allylic oxidation sites excluding steroid dienone is 2. The first-order chi connectivity index (χ1) is 13.1. The van der Waals surface area contributed by atoms with Crippen molar-refractivity contribution in [2.45, 2.75) is 31.1 Å². The highest BCUT2D eigenvalue weighted by atomic mass is 35.5. The molecular weight excluding hydrogens is 362 g/mol. The summed E-state index contributed by atoms with van der Waals surface area (Å²) in [6, 6.07) is 15.5. The van der Waals surface area contributed by atoms with Gasteiger partial charge in [0.25, 0.3) is 0 Å². The molecule has 5 heteroatoms. The predicted molar refractivity (Wildman–Crippen MR) is 104 cm³/mol. The Morgan fingerprint density at radius 2 is 1.78 bits per heavy atom. The van der Waals surface area contributed by atoms with Crippen LogP contribution in [0.5, 0.6) is 5.75 Å². The molecule has 0 spiro atoms. The topological polar surface area (TPSA) is 55.4 Å². The quantitative estimate of drug-likeness (QED) is 0.859. The van der Waals surface area contributed by atoms with Gasteiger partial charge in [-0.2, -0.15) is 0 Å². The number of carbonyl (C=O) groups excluding carboxylic acids is 2. The molecule has 27 heavy (non-hydrogen) atoms. The fourth-order valence-corrected chi connectivity index (χ4v) is 4.37. The van der Waals surface area contributed by atoms with Crippen molar-refractivity contribution in [3.05, 3.63) is 76.0 Å². The van der Waals surface area contributed by atoms with Crippen LogP contribution in [0.1, 0.15) is 42.2 Å². The number of ketones is 1. The summed E-state index contributed by atoms with van der Waals surface area (Å²) < 4.78 is 5.21. The lowest BCUT2D eigenvalue weighted by atomic mass is 9.73. The predicted octanol–water partition coefficient (Wildman–Crippen LogP) is 4.35. The molecule has 1 amide bonds. The van der Waals surface area contributed by atoms with Crippen LogP contribution in [0.2, 0.25) is 5.02 Å². The van der Waals surface area contributed by atoms with Crippen molar-refractivity contribution < 1.29 is 14.3 Å². The van der Waals surface area contributed by atoms with Crippen molar-refractivity contribution in [3.63, 3.8) is 0 Å². The molecular formula is C22H20ClNO3. The molecule has 0 radical (unpaired) electrons. The molecule has 0 saturated heterocycles. The summed E-state index contributed by atoms with van der Waals surface area (Å²) in [5.41, 5.74) is 3.48. The van der Waals surface area contributed by atoms with Gasteiger partial charge in [-0.15, -0.1) is 0 Å². The lowest BCUT2D eigenvalue weighted by molar-refractivity contribution is -0.122. The zero-order chi connectivity index (χ0) is 19.0. The zero-order valence-corrected chi connectivity index (χ0v) is 15.8. The van der Waals surface area contributed by atoms with Crippen LogP contribution < -0.4 is 10.1 Å². The van der Waals surface area contributed by atoms with Crippen LogP contribution in [0.15, 0.2) is 59.8 Å². The number of carbonyl (C=O) groups is 2. The number of benzene rings is 2. The molecule has 2 aromatic carbocycles. The molecule has 1 N–H and O–H groups in total. The van der Waals surface area contributed by atoms with Gasteiger partial charge in [-0.3, -0.25) is 9.59 Å². The van der Waals surface area contributed by atoms with Gasteiger partial charge < -0.3 is 10.1 Å². The summed E-state index contributed by atoms with van der Waals surface area (Å²) in [5.74, 6) is 0.445. The van der Waals surface area contributed by atoms with Crippen LogP contribution in [0.3, 0.4) is 0 Å². The van der Waals surface area contributed by atoms with Crippen molar-refractivity contribution in [2.75, 3.05) is 7.11 Å². The number of halogens is 1. The molecule has 4 rings (SSSR count). The van der Waals surface area contributed by atoms with E-state index >= 15 is 0 Å².